The zero-order valence-electron chi connectivity index (χ0n) is 13.5. The van der Waals surface area contributed by atoms with Crippen molar-refractivity contribution < 1.29 is 9.53 Å². The standard InChI is InChI=1S/C18H16ClN3O2S/c1-12(24-15-5-3-2-4-6-15)17(23)20-18-22-21-16(25-18)11-13-7-9-14(19)10-8-13/h2-10,12H,11H2,1H3,(H,20,22,23). The number of rotatable bonds is 6. The molecule has 1 N–H and O–H groups in total. The van der Waals surface area contributed by atoms with E-state index in [1.165, 1.54) is 11.3 Å². The number of benzene rings is 2. The van der Waals surface area contributed by atoms with Gasteiger partial charge >= 0.3 is 0 Å². The minimum absolute atomic E-state index is 0.266. The van der Waals surface area contributed by atoms with Gasteiger partial charge in [0.1, 0.15) is 10.8 Å². The van der Waals surface area contributed by atoms with Gasteiger partial charge in [-0.2, -0.15) is 0 Å². The predicted octanol–water partition coefficient (Wildman–Crippen LogP) is 4.19. The monoisotopic (exact) mass is 373 g/mol. The number of ether oxygens (including phenoxy) is 1. The van der Waals surface area contributed by atoms with Gasteiger partial charge in [-0.15, -0.1) is 10.2 Å². The molecule has 1 amide bonds. The molecule has 5 nitrogen and oxygen atoms in total. The summed E-state index contributed by atoms with van der Waals surface area (Å²) in [7, 11) is 0. The van der Waals surface area contributed by atoms with Crippen LogP contribution < -0.4 is 10.1 Å². The molecule has 0 aliphatic carbocycles. The quantitative estimate of drug-likeness (QED) is 0.703. The predicted molar refractivity (Wildman–Crippen MR) is 99.3 cm³/mol. The maximum absolute atomic E-state index is 12.2. The van der Waals surface area contributed by atoms with E-state index < -0.39 is 6.10 Å². The molecular formula is C18H16ClN3O2S. The van der Waals surface area contributed by atoms with E-state index in [0.29, 0.717) is 22.3 Å². The summed E-state index contributed by atoms with van der Waals surface area (Å²) in [5, 5.41) is 12.8. The fourth-order valence-corrected chi connectivity index (χ4v) is 3.02. The third kappa shape index (κ3) is 5.01. The number of carbonyl (C=O) groups excluding carboxylic acids is 1. The van der Waals surface area contributed by atoms with Crippen molar-refractivity contribution in [3.8, 4) is 5.75 Å². The first-order chi connectivity index (χ1) is 12.1. The molecule has 2 aromatic carbocycles. The summed E-state index contributed by atoms with van der Waals surface area (Å²) in [4.78, 5) is 12.2. The smallest absolute Gasteiger partial charge is 0.266 e. The van der Waals surface area contributed by atoms with E-state index in [1.807, 2.05) is 42.5 Å². The summed E-state index contributed by atoms with van der Waals surface area (Å²) < 4.78 is 5.59. The van der Waals surface area contributed by atoms with E-state index >= 15 is 0 Å². The lowest BCUT2D eigenvalue weighted by atomic mass is 10.2. The molecule has 25 heavy (non-hydrogen) atoms. The molecule has 3 rings (SSSR count). The topological polar surface area (TPSA) is 64.1 Å². The van der Waals surface area contributed by atoms with Crippen molar-refractivity contribution >= 4 is 34.0 Å². The minimum Gasteiger partial charge on any atom is -0.481 e. The lowest BCUT2D eigenvalue weighted by Crippen LogP contribution is -2.30. The second-order valence-electron chi connectivity index (χ2n) is 5.37. The number of hydrogen-bond acceptors (Lipinski definition) is 5. The molecule has 1 heterocycles. The van der Waals surface area contributed by atoms with Crippen LogP contribution in [0, 0.1) is 0 Å². The van der Waals surface area contributed by atoms with E-state index in [0.717, 1.165) is 10.6 Å². The number of halogens is 1. The van der Waals surface area contributed by atoms with Gasteiger partial charge in [0.05, 0.1) is 0 Å². The zero-order valence-corrected chi connectivity index (χ0v) is 15.1. The Morgan fingerprint density at radius 3 is 2.60 bits per heavy atom. The SMILES string of the molecule is CC(Oc1ccccc1)C(=O)Nc1nnc(Cc2ccc(Cl)cc2)s1. The van der Waals surface area contributed by atoms with Crippen LogP contribution in [0.2, 0.25) is 5.02 Å². The van der Waals surface area contributed by atoms with Crippen LogP contribution in [-0.4, -0.2) is 22.2 Å². The van der Waals surface area contributed by atoms with Gasteiger partial charge in [0.15, 0.2) is 6.10 Å². The van der Waals surface area contributed by atoms with E-state index in [1.54, 1.807) is 19.1 Å². The highest BCUT2D eigenvalue weighted by Gasteiger charge is 2.17. The number of nitrogens with one attached hydrogen (secondary N) is 1. The van der Waals surface area contributed by atoms with Crippen LogP contribution >= 0.6 is 22.9 Å². The van der Waals surface area contributed by atoms with Gasteiger partial charge in [0.25, 0.3) is 5.91 Å². The number of aromatic nitrogens is 2. The van der Waals surface area contributed by atoms with Crippen LogP contribution in [0.3, 0.4) is 0 Å². The van der Waals surface area contributed by atoms with Gasteiger partial charge in [-0.25, -0.2) is 0 Å². The maximum Gasteiger partial charge on any atom is 0.266 e. The Labute approximate surface area is 154 Å². The van der Waals surface area contributed by atoms with Gasteiger partial charge in [-0.3, -0.25) is 10.1 Å². The zero-order chi connectivity index (χ0) is 17.6. The first-order valence-electron chi connectivity index (χ1n) is 7.69. The molecule has 7 heteroatoms. The van der Waals surface area contributed by atoms with Gasteiger partial charge in [-0.1, -0.05) is 53.3 Å². The molecule has 0 fully saturated rings. The Bertz CT molecular complexity index is 837. The van der Waals surface area contributed by atoms with E-state index in [-0.39, 0.29) is 5.91 Å². The van der Waals surface area contributed by atoms with Crippen LogP contribution in [-0.2, 0) is 11.2 Å². The fourth-order valence-electron chi connectivity index (χ4n) is 2.12. The highest BCUT2D eigenvalue weighted by Crippen LogP contribution is 2.20. The summed E-state index contributed by atoms with van der Waals surface area (Å²) in [6.45, 7) is 1.69. The molecule has 0 aliphatic rings. The number of hydrogen-bond donors (Lipinski definition) is 1. The van der Waals surface area contributed by atoms with Crippen molar-refractivity contribution in [3.05, 3.63) is 70.2 Å². The van der Waals surface area contributed by atoms with E-state index in [9.17, 15) is 4.79 Å². The molecule has 0 aliphatic heterocycles. The lowest BCUT2D eigenvalue weighted by Gasteiger charge is -2.13. The minimum atomic E-state index is -0.633. The molecule has 128 valence electrons. The second kappa shape index (κ2) is 8.09. The number of nitrogens with zero attached hydrogens (tertiary/aromatic N) is 2. The molecule has 0 saturated carbocycles. The maximum atomic E-state index is 12.2. The third-order valence-corrected chi connectivity index (χ3v) is 4.48. The first-order valence-corrected chi connectivity index (χ1v) is 8.89. The number of anilines is 1. The average Bonchev–Trinajstić information content (AvgIpc) is 3.04. The van der Waals surface area contributed by atoms with Crippen LogP contribution in [0.4, 0.5) is 5.13 Å². The normalized spacial score (nSPS) is 11.8. The van der Waals surface area contributed by atoms with Crippen LogP contribution in [0.5, 0.6) is 5.75 Å². The van der Waals surface area contributed by atoms with Gasteiger partial charge in [0.2, 0.25) is 5.13 Å². The Hall–Kier alpha value is -2.44. The Balaban J connectivity index is 1.57. The first kappa shape index (κ1) is 17.4. The van der Waals surface area contributed by atoms with Crippen LogP contribution in [0.25, 0.3) is 0 Å². The molecule has 0 radical (unpaired) electrons. The fraction of sp³-hybridized carbons (Fsp3) is 0.167. The van der Waals surface area contributed by atoms with Gasteiger partial charge in [-0.05, 0) is 36.8 Å². The Morgan fingerprint density at radius 2 is 1.88 bits per heavy atom. The Morgan fingerprint density at radius 1 is 1.16 bits per heavy atom. The van der Waals surface area contributed by atoms with Crippen LogP contribution in [0.1, 0.15) is 17.5 Å². The largest absolute Gasteiger partial charge is 0.481 e. The molecule has 1 aromatic heterocycles. The molecular weight excluding hydrogens is 358 g/mol. The van der Waals surface area contributed by atoms with Crippen molar-refractivity contribution in [1.29, 1.82) is 0 Å². The van der Waals surface area contributed by atoms with Gasteiger partial charge in [0, 0.05) is 11.4 Å². The van der Waals surface area contributed by atoms with Crippen molar-refractivity contribution in [2.45, 2.75) is 19.4 Å². The third-order valence-electron chi connectivity index (χ3n) is 3.39. The second-order valence-corrected chi connectivity index (χ2v) is 6.87. The van der Waals surface area contributed by atoms with Crippen molar-refractivity contribution in [2.75, 3.05) is 5.32 Å². The summed E-state index contributed by atoms with van der Waals surface area (Å²) in [6, 6.07) is 16.8. The molecule has 1 unspecified atom stereocenters. The van der Waals surface area contributed by atoms with Crippen molar-refractivity contribution in [3.63, 3.8) is 0 Å². The van der Waals surface area contributed by atoms with Crippen molar-refractivity contribution in [1.82, 2.24) is 10.2 Å². The Kier molecular flexibility index (Phi) is 5.63. The van der Waals surface area contributed by atoms with Crippen molar-refractivity contribution in [2.24, 2.45) is 0 Å². The number of para-hydroxylation sites is 1. The molecule has 0 spiro atoms. The molecule has 0 bridgehead atoms. The number of carbonyl (C=O) groups is 1. The summed E-state index contributed by atoms with van der Waals surface area (Å²) in [5.74, 6) is 0.379. The highest BCUT2D eigenvalue weighted by molar-refractivity contribution is 7.15. The van der Waals surface area contributed by atoms with Crippen LogP contribution in [0.15, 0.2) is 54.6 Å². The van der Waals surface area contributed by atoms with E-state index in [4.69, 9.17) is 16.3 Å². The summed E-state index contributed by atoms with van der Waals surface area (Å²) in [6.07, 6.45) is 0.00634. The molecule has 1 atom stereocenters. The summed E-state index contributed by atoms with van der Waals surface area (Å²) in [5.41, 5.74) is 1.08. The molecule has 0 saturated heterocycles. The van der Waals surface area contributed by atoms with E-state index in [2.05, 4.69) is 15.5 Å². The molecule has 3 aromatic rings. The number of amides is 1. The average molecular weight is 374 g/mol. The van der Waals surface area contributed by atoms with Gasteiger partial charge < -0.3 is 4.74 Å². The lowest BCUT2D eigenvalue weighted by molar-refractivity contribution is -0.122. The highest BCUT2D eigenvalue weighted by atomic mass is 35.5. The summed E-state index contributed by atoms with van der Waals surface area (Å²) >= 11 is 7.22.